The minimum absolute atomic E-state index is 0.0231. The number of hydrogen-bond acceptors (Lipinski definition) is 2. The van der Waals surface area contributed by atoms with Crippen LogP contribution in [0, 0.1) is 0 Å². The predicted molar refractivity (Wildman–Crippen MR) is 15.7 cm³/mol. The molecule has 0 saturated carbocycles. The third kappa shape index (κ3) is 2.25. The van der Waals surface area contributed by atoms with Crippen LogP contribution in [0.2, 0.25) is 0 Å². The van der Waals surface area contributed by atoms with E-state index in [2.05, 4.69) is 0 Å². The van der Waals surface area contributed by atoms with Crippen LogP contribution in [0.25, 0.3) is 0 Å². The van der Waals surface area contributed by atoms with Crippen molar-refractivity contribution in [1.29, 1.82) is 0 Å². The third-order valence-electron chi connectivity index (χ3n) is 0.0304. The molecule has 0 atom stereocenters. The van der Waals surface area contributed by atoms with Crippen molar-refractivity contribution in [3.05, 3.63) is 0 Å². The molecule has 0 rings (SSSR count). The van der Waals surface area contributed by atoms with E-state index >= 15 is 0 Å². The Balaban J connectivity index is 3.95. The van der Waals surface area contributed by atoms with Crippen LogP contribution in [0.4, 0.5) is 0 Å². The molecule has 0 radical (unpaired) electrons. The van der Waals surface area contributed by atoms with Crippen LogP contribution in [0.1, 0.15) is 0 Å². The minimum atomic E-state index is -0.390. The first kappa shape index (κ1) is 4.25. The first-order valence-electron chi connectivity index (χ1n) is 0.532. The molecule has 0 aliphatic rings. The average Bonchev–Trinajstić information content (AvgIpc) is 1.37. The molecule has 22 valence electrons. The van der Waals surface area contributed by atoms with Gasteiger partial charge in [-0.25, -0.2) is 0 Å². The van der Waals surface area contributed by atoms with E-state index in [0.717, 1.165) is 0 Å². The van der Waals surface area contributed by atoms with Gasteiger partial charge >= 0.3 is 26.9 Å². The van der Waals surface area contributed by atoms with Crippen LogP contribution in [0.5, 0.6) is 0 Å². The molecule has 2 nitrogen and oxygen atoms in total. The van der Waals surface area contributed by atoms with Crippen molar-refractivity contribution in [1.82, 2.24) is 0 Å². The van der Waals surface area contributed by atoms with E-state index in [0.29, 0.717) is 0 Å². The number of hydrogen-bond donors (Lipinski definition) is 0. The van der Waals surface area contributed by atoms with Gasteiger partial charge in [-0.1, -0.05) is 0 Å². The maximum atomic E-state index is 8.92. The van der Waals surface area contributed by atoms with Gasteiger partial charge in [0, 0.05) is 0 Å². The van der Waals surface area contributed by atoms with Gasteiger partial charge in [0.2, 0.25) is 0 Å². The van der Waals surface area contributed by atoms with Gasteiger partial charge in [-0.2, -0.15) is 0 Å². The van der Waals surface area contributed by atoms with Crippen molar-refractivity contribution in [3.8, 4) is 0 Å². The molecule has 4 heteroatoms. The Labute approximate surface area is 27.8 Å². The summed E-state index contributed by atoms with van der Waals surface area (Å²) in [7, 11) is -0.367. The van der Waals surface area contributed by atoms with Gasteiger partial charge in [0.05, 0.1) is 0 Å². The maximum absolute atomic E-state index is 8.92. The Morgan fingerprint density at radius 3 is 2.00 bits per heavy atom. The molecule has 0 fully saturated rings. The van der Waals surface area contributed by atoms with Gasteiger partial charge in [-0.05, 0) is 0 Å². The van der Waals surface area contributed by atoms with Gasteiger partial charge in [-0.3, -0.25) is 0 Å². The fourth-order valence-corrected chi connectivity index (χ4v) is 0. The van der Waals surface area contributed by atoms with Crippen molar-refractivity contribution >= 4 is 18.1 Å². The van der Waals surface area contributed by atoms with Crippen LogP contribution in [0.3, 0.4) is 0 Å². The summed E-state index contributed by atoms with van der Waals surface area (Å²) in [4.78, 5) is 0. The van der Waals surface area contributed by atoms with Crippen LogP contribution >= 0.6 is 7.24 Å². The molecule has 0 aromatic rings. The quantitative estimate of drug-likeness (QED) is 0.408. The van der Waals surface area contributed by atoms with E-state index in [4.69, 9.17) is 8.77 Å². The second-order valence-corrected chi connectivity index (χ2v) is 1.34. The first-order chi connectivity index (χ1) is 1.91. The molecule has 0 N–H and O–H groups in total. The Kier molecular flexibility index (Phi) is 3.45. The molecule has 0 bridgehead atoms. The summed E-state index contributed by atoms with van der Waals surface area (Å²) in [5.74, 6) is 0. The van der Waals surface area contributed by atoms with E-state index in [9.17, 15) is 0 Å². The molecule has 0 unspecified atom stereocenters. The van der Waals surface area contributed by atoms with E-state index in [-0.39, 0.29) is 10.8 Å². The fraction of sp³-hybridized carbons (Fsp3) is 0. The monoisotopic (exact) mass is 94.9 g/mol. The van der Waals surface area contributed by atoms with Gasteiger partial charge in [0.15, 0.2) is 0 Å². The second-order valence-electron chi connectivity index (χ2n) is 0.149. The molecule has 4 heavy (non-hydrogen) atoms. The van der Waals surface area contributed by atoms with Crippen molar-refractivity contribution in [2.75, 3.05) is 0 Å². The van der Waals surface area contributed by atoms with Gasteiger partial charge in [0.25, 0.3) is 0 Å². The molecule has 0 aromatic heterocycles. The van der Waals surface area contributed by atoms with Gasteiger partial charge < -0.3 is 0 Å². The average molecular weight is 95.0 g/mol. The molecule has 0 heterocycles. The SMILES string of the molecule is O=[P+]=S=O. The summed E-state index contributed by atoms with van der Waals surface area (Å²) in [6.45, 7) is 0. The van der Waals surface area contributed by atoms with E-state index in [1.165, 1.54) is 0 Å². The van der Waals surface area contributed by atoms with Gasteiger partial charge in [-0.15, -0.1) is 0 Å². The zero-order valence-corrected chi connectivity index (χ0v) is 3.38. The van der Waals surface area contributed by atoms with Crippen molar-refractivity contribution in [2.24, 2.45) is 0 Å². The number of rotatable bonds is 0. The first-order valence-corrected chi connectivity index (χ1v) is 2.69. The van der Waals surface area contributed by atoms with Crippen LogP contribution in [-0.2, 0) is 15.4 Å². The molecular formula is O2PS+. The Bertz CT molecular complexity index is 56.1. The van der Waals surface area contributed by atoms with Crippen molar-refractivity contribution in [2.45, 2.75) is 0 Å². The summed E-state index contributed by atoms with van der Waals surface area (Å²) in [5.41, 5.74) is 0. The zero-order valence-electron chi connectivity index (χ0n) is 1.67. The fourth-order valence-electron chi connectivity index (χ4n) is 0. The summed E-state index contributed by atoms with van der Waals surface area (Å²) >= 11 is 0. The van der Waals surface area contributed by atoms with Crippen LogP contribution in [0.15, 0.2) is 0 Å². The summed E-state index contributed by atoms with van der Waals surface area (Å²) in [6, 6.07) is 0. The van der Waals surface area contributed by atoms with Crippen molar-refractivity contribution < 1.29 is 8.77 Å². The van der Waals surface area contributed by atoms with Crippen LogP contribution < -0.4 is 0 Å². The summed E-state index contributed by atoms with van der Waals surface area (Å²) < 4.78 is 17.8. The molecule has 0 spiro atoms. The Morgan fingerprint density at radius 1 is 1.75 bits per heavy atom. The Hall–Kier alpha value is 0.250. The summed E-state index contributed by atoms with van der Waals surface area (Å²) in [5, 5.41) is 0. The molecule has 0 amide bonds. The standard InChI is InChI=1S/O2PS/c1-3-4-2/q+1. The Morgan fingerprint density at radius 2 is 2.00 bits per heavy atom. The zero-order chi connectivity index (χ0) is 3.41. The molecule has 0 saturated heterocycles. The second kappa shape index (κ2) is 3.25. The van der Waals surface area contributed by atoms with E-state index in [1.54, 1.807) is 0 Å². The molecule has 0 aliphatic carbocycles. The predicted octanol–water partition coefficient (Wildman–Crippen LogP) is 0.406. The molecule has 0 aliphatic heterocycles. The van der Waals surface area contributed by atoms with Gasteiger partial charge in [0.1, 0.15) is 0 Å². The normalized spacial score (nSPS) is 5.00. The molecule has 0 aromatic carbocycles. The third-order valence-corrected chi connectivity index (χ3v) is 0.274. The van der Waals surface area contributed by atoms with Crippen LogP contribution in [-0.4, -0.2) is 4.21 Å². The van der Waals surface area contributed by atoms with E-state index in [1.807, 2.05) is 0 Å². The molecular weight excluding hydrogens is 95.0 g/mol. The topological polar surface area (TPSA) is 34.1 Å². The van der Waals surface area contributed by atoms with E-state index < -0.39 is 7.24 Å². The van der Waals surface area contributed by atoms with Crippen molar-refractivity contribution in [3.63, 3.8) is 0 Å². The summed E-state index contributed by atoms with van der Waals surface area (Å²) in [6.07, 6.45) is 0.